The Morgan fingerprint density at radius 3 is 2.43 bits per heavy atom. The summed E-state index contributed by atoms with van der Waals surface area (Å²) in [4.78, 5) is 41.2. The van der Waals surface area contributed by atoms with Crippen molar-refractivity contribution in [2.45, 2.75) is 44.9 Å². The number of carbonyl (C=O) groups excluding carboxylic acids is 3. The van der Waals surface area contributed by atoms with Gasteiger partial charge in [-0.2, -0.15) is 0 Å². The van der Waals surface area contributed by atoms with E-state index in [1.54, 1.807) is 0 Å². The van der Waals surface area contributed by atoms with Crippen molar-refractivity contribution >= 4 is 23.4 Å². The minimum absolute atomic E-state index is 0.0125. The molecule has 2 heterocycles. The summed E-state index contributed by atoms with van der Waals surface area (Å²) in [5, 5.41) is 2.95. The average Bonchev–Trinajstić information content (AvgIpc) is 3.26. The van der Waals surface area contributed by atoms with Crippen molar-refractivity contribution in [2.24, 2.45) is 11.8 Å². The summed E-state index contributed by atoms with van der Waals surface area (Å²) < 4.78 is 0. The highest BCUT2D eigenvalue weighted by Gasteiger charge is 2.31. The van der Waals surface area contributed by atoms with Crippen LogP contribution in [0.15, 0.2) is 24.3 Å². The summed E-state index contributed by atoms with van der Waals surface area (Å²) in [7, 11) is 0. The van der Waals surface area contributed by atoms with Crippen molar-refractivity contribution < 1.29 is 14.4 Å². The summed E-state index contributed by atoms with van der Waals surface area (Å²) in [6, 6.07) is 7.84. The maximum Gasteiger partial charge on any atom is 0.227 e. The Labute approximate surface area is 166 Å². The van der Waals surface area contributed by atoms with Crippen molar-refractivity contribution in [1.29, 1.82) is 0 Å². The van der Waals surface area contributed by atoms with Crippen molar-refractivity contribution in [3.8, 4) is 0 Å². The SMILES string of the molecule is O=C1Nc2ccccc2CC1CCC(=O)N1CCN(C(=O)C2CCCC2)CC1. The first kappa shape index (κ1) is 19.0. The van der Waals surface area contributed by atoms with Crippen LogP contribution in [0.3, 0.4) is 0 Å². The fourth-order valence-electron chi connectivity index (χ4n) is 4.71. The zero-order valence-electron chi connectivity index (χ0n) is 16.4. The molecule has 3 aliphatic rings. The molecular formula is C22H29N3O3. The van der Waals surface area contributed by atoms with Crippen LogP contribution in [-0.4, -0.2) is 53.7 Å². The first-order chi connectivity index (χ1) is 13.6. The molecule has 6 nitrogen and oxygen atoms in total. The van der Waals surface area contributed by atoms with Gasteiger partial charge in [0.2, 0.25) is 17.7 Å². The molecule has 1 unspecified atom stereocenters. The minimum Gasteiger partial charge on any atom is -0.339 e. The number of rotatable bonds is 4. The maximum absolute atomic E-state index is 12.6. The van der Waals surface area contributed by atoms with Gasteiger partial charge in [0.15, 0.2) is 0 Å². The highest BCUT2D eigenvalue weighted by molar-refractivity contribution is 5.96. The molecule has 1 saturated carbocycles. The highest BCUT2D eigenvalue weighted by atomic mass is 16.2. The zero-order chi connectivity index (χ0) is 19.5. The smallest absolute Gasteiger partial charge is 0.227 e. The lowest BCUT2D eigenvalue weighted by Crippen LogP contribution is -2.51. The van der Waals surface area contributed by atoms with Gasteiger partial charge >= 0.3 is 0 Å². The van der Waals surface area contributed by atoms with E-state index >= 15 is 0 Å². The van der Waals surface area contributed by atoms with E-state index in [1.807, 2.05) is 34.1 Å². The third kappa shape index (κ3) is 4.05. The van der Waals surface area contributed by atoms with E-state index < -0.39 is 0 Å². The molecule has 4 rings (SSSR count). The number of piperazine rings is 1. The summed E-state index contributed by atoms with van der Waals surface area (Å²) in [6.07, 6.45) is 6.01. The van der Waals surface area contributed by atoms with Crippen molar-refractivity contribution in [3.05, 3.63) is 29.8 Å². The van der Waals surface area contributed by atoms with Crippen LogP contribution in [0.25, 0.3) is 0 Å². The van der Waals surface area contributed by atoms with Crippen LogP contribution in [0, 0.1) is 11.8 Å². The summed E-state index contributed by atoms with van der Waals surface area (Å²) in [5.41, 5.74) is 2.02. The molecule has 28 heavy (non-hydrogen) atoms. The van der Waals surface area contributed by atoms with Crippen molar-refractivity contribution in [1.82, 2.24) is 9.80 Å². The van der Waals surface area contributed by atoms with E-state index in [9.17, 15) is 14.4 Å². The lowest BCUT2D eigenvalue weighted by Gasteiger charge is -2.36. The van der Waals surface area contributed by atoms with Gasteiger partial charge in [0.25, 0.3) is 0 Å². The number of para-hydroxylation sites is 1. The Balaban J connectivity index is 1.24. The first-order valence-electron chi connectivity index (χ1n) is 10.6. The average molecular weight is 383 g/mol. The molecule has 0 aromatic heterocycles. The summed E-state index contributed by atoms with van der Waals surface area (Å²) >= 11 is 0. The Bertz CT molecular complexity index is 749. The molecule has 0 radical (unpaired) electrons. The van der Waals surface area contributed by atoms with Crippen LogP contribution in [0.4, 0.5) is 5.69 Å². The third-order valence-corrected chi connectivity index (χ3v) is 6.47. The third-order valence-electron chi connectivity index (χ3n) is 6.47. The maximum atomic E-state index is 12.6. The van der Waals surface area contributed by atoms with E-state index in [0.29, 0.717) is 45.4 Å². The highest BCUT2D eigenvalue weighted by Crippen LogP contribution is 2.28. The molecule has 1 N–H and O–H groups in total. The van der Waals surface area contributed by atoms with Crippen molar-refractivity contribution in [2.75, 3.05) is 31.5 Å². The van der Waals surface area contributed by atoms with Gasteiger partial charge in [-0.25, -0.2) is 0 Å². The number of nitrogens with one attached hydrogen (secondary N) is 1. The first-order valence-corrected chi connectivity index (χ1v) is 10.6. The Morgan fingerprint density at radius 2 is 1.68 bits per heavy atom. The molecule has 3 amide bonds. The fraction of sp³-hybridized carbons (Fsp3) is 0.591. The van der Waals surface area contributed by atoms with Crippen LogP contribution in [0.2, 0.25) is 0 Å². The molecule has 2 fully saturated rings. The molecule has 1 aliphatic carbocycles. The molecule has 0 bridgehead atoms. The molecule has 1 atom stereocenters. The molecule has 6 heteroatoms. The zero-order valence-corrected chi connectivity index (χ0v) is 16.4. The molecule has 1 saturated heterocycles. The largest absolute Gasteiger partial charge is 0.339 e. The van der Waals surface area contributed by atoms with Crippen LogP contribution in [-0.2, 0) is 20.8 Å². The Kier molecular flexibility index (Phi) is 5.64. The number of carbonyl (C=O) groups is 3. The fourth-order valence-corrected chi connectivity index (χ4v) is 4.71. The van der Waals surface area contributed by atoms with E-state index in [-0.39, 0.29) is 29.6 Å². The van der Waals surface area contributed by atoms with E-state index in [0.717, 1.165) is 36.9 Å². The Morgan fingerprint density at radius 1 is 1.00 bits per heavy atom. The van der Waals surface area contributed by atoms with Gasteiger partial charge in [-0.15, -0.1) is 0 Å². The minimum atomic E-state index is -0.149. The van der Waals surface area contributed by atoms with Gasteiger partial charge in [-0.3, -0.25) is 14.4 Å². The molecule has 2 aliphatic heterocycles. The topological polar surface area (TPSA) is 69.7 Å². The van der Waals surface area contributed by atoms with Crippen LogP contribution in [0.5, 0.6) is 0 Å². The monoisotopic (exact) mass is 383 g/mol. The number of benzene rings is 1. The normalized spacial score (nSPS) is 22.7. The van der Waals surface area contributed by atoms with E-state index in [2.05, 4.69) is 5.32 Å². The number of hydrogen-bond donors (Lipinski definition) is 1. The molecule has 150 valence electrons. The second-order valence-electron chi connectivity index (χ2n) is 8.27. The van der Waals surface area contributed by atoms with Crippen LogP contribution in [0.1, 0.15) is 44.1 Å². The summed E-state index contributed by atoms with van der Waals surface area (Å²) in [6.45, 7) is 2.49. The summed E-state index contributed by atoms with van der Waals surface area (Å²) in [5.74, 6) is 0.444. The lowest BCUT2D eigenvalue weighted by molar-refractivity contribution is -0.142. The van der Waals surface area contributed by atoms with Crippen LogP contribution < -0.4 is 5.32 Å². The van der Waals surface area contributed by atoms with Gasteiger partial charge in [0.05, 0.1) is 0 Å². The second kappa shape index (κ2) is 8.33. The van der Waals surface area contributed by atoms with E-state index in [1.165, 1.54) is 0 Å². The molecule has 1 aromatic rings. The van der Waals surface area contributed by atoms with Gasteiger partial charge in [0.1, 0.15) is 0 Å². The van der Waals surface area contributed by atoms with E-state index in [4.69, 9.17) is 0 Å². The van der Waals surface area contributed by atoms with Crippen molar-refractivity contribution in [3.63, 3.8) is 0 Å². The predicted octanol–water partition coefficient (Wildman–Crippen LogP) is 2.44. The standard InChI is InChI=1S/C22H29N3O3/c26-20(10-9-18-15-17-7-3-4-8-19(17)23-21(18)27)24-11-13-25(14-12-24)22(28)16-5-1-2-6-16/h3-4,7-8,16,18H,1-2,5-6,9-15H2,(H,23,27). The second-order valence-corrected chi connectivity index (χ2v) is 8.27. The predicted molar refractivity (Wildman–Crippen MR) is 107 cm³/mol. The number of hydrogen-bond acceptors (Lipinski definition) is 3. The van der Waals surface area contributed by atoms with Crippen LogP contribution >= 0.6 is 0 Å². The van der Waals surface area contributed by atoms with Gasteiger partial charge < -0.3 is 15.1 Å². The molecule has 1 aromatic carbocycles. The molecule has 0 spiro atoms. The van der Waals surface area contributed by atoms with Gasteiger partial charge in [0, 0.05) is 50.1 Å². The molecular weight excluding hydrogens is 354 g/mol. The lowest BCUT2D eigenvalue weighted by atomic mass is 9.89. The number of anilines is 1. The van der Waals surface area contributed by atoms with Gasteiger partial charge in [-0.1, -0.05) is 31.0 Å². The number of nitrogens with zero attached hydrogens (tertiary/aromatic N) is 2. The van der Waals surface area contributed by atoms with Gasteiger partial charge in [-0.05, 0) is 37.3 Å². The quantitative estimate of drug-likeness (QED) is 0.868. The Hall–Kier alpha value is -2.37. The number of fused-ring (bicyclic) bond motifs is 1. The number of amides is 3.